The van der Waals surface area contributed by atoms with Gasteiger partial charge in [-0.15, -0.1) is 0 Å². The van der Waals surface area contributed by atoms with Crippen molar-refractivity contribution in [2.24, 2.45) is 16.7 Å². The van der Waals surface area contributed by atoms with E-state index >= 15 is 0 Å². The molecule has 3 fully saturated rings. The van der Waals surface area contributed by atoms with Crippen LogP contribution in [0.25, 0.3) is 10.8 Å². The van der Waals surface area contributed by atoms with E-state index in [0.717, 1.165) is 42.9 Å². The lowest BCUT2D eigenvalue weighted by atomic mass is 9.70. The van der Waals surface area contributed by atoms with Gasteiger partial charge in [-0.2, -0.15) is 0 Å². The normalized spacial score (nSPS) is 29.9. The standard InChI is InChI=1S/C31H41N3O4/c1-30(2)22-10-11-31(3,18-22)29(30)38-20-23(35)19-33-14-12-32(13-15-33)16-17-34-27(36)24-8-4-6-21-7-5-9-25(26(21)24)28(34)37/h4-9,22-23,29,35H,10-20H2,1-3H3/t22-,23-,29-,31+/m0/s1. The van der Waals surface area contributed by atoms with Gasteiger partial charge in [0.25, 0.3) is 11.8 Å². The summed E-state index contributed by atoms with van der Waals surface area (Å²) in [5.74, 6) is 0.337. The predicted octanol–water partition coefficient (Wildman–Crippen LogP) is 3.65. The second kappa shape index (κ2) is 9.70. The number of benzene rings is 2. The summed E-state index contributed by atoms with van der Waals surface area (Å²) >= 11 is 0. The Balaban J connectivity index is 0.973. The molecule has 0 radical (unpaired) electrons. The van der Waals surface area contributed by atoms with E-state index in [4.69, 9.17) is 4.74 Å². The number of carbonyl (C=O) groups is 2. The highest BCUT2D eigenvalue weighted by Gasteiger charge is 2.60. The first-order valence-electron chi connectivity index (χ1n) is 14.3. The molecule has 2 aliphatic carbocycles. The number of rotatable bonds is 8. The summed E-state index contributed by atoms with van der Waals surface area (Å²) in [5, 5.41) is 12.5. The maximum atomic E-state index is 13.2. The summed E-state index contributed by atoms with van der Waals surface area (Å²) in [6.45, 7) is 12.5. The Morgan fingerprint density at radius 2 is 1.58 bits per heavy atom. The van der Waals surface area contributed by atoms with E-state index in [1.807, 2.05) is 36.4 Å². The molecule has 2 saturated carbocycles. The highest BCUT2D eigenvalue weighted by Crippen LogP contribution is 2.63. The summed E-state index contributed by atoms with van der Waals surface area (Å²) in [5.41, 5.74) is 1.66. The Labute approximate surface area is 225 Å². The van der Waals surface area contributed by atoms with Crippen LogP contribution in [0, 0.1) is 16.7 Å². The Kier molecular flexibility index (Phi) is 6.62. The van der Waals surface area contributed by atoms with Crippen molar-refractivity contribution >= 4 is 22.6 Å². The van der Waals surface area contributed by atoms with Crippen molar-refractivity contribution in [3.8, 4) is 0 Å². The highest BCUT2D eigenvalue weighted by atomic mass is 16.5. The molecule has 2 aromatic rings. The molecule has 0 aromatic heterocycles. The number of β-amino-alcohol motifs (C(OH)–C–C–N with tert-alkyl or cyclic N) is 1. The molecule has 204 valence electrons. The number of fused-ring (bicyclic) bond motifs is 2. The first-order valence-corrected chi connectivity index (χ1v) is 14.3. The molecule has 38 heavy (non-hydrogen) atoms. The lowest BCUT2D eigenvalue weighted by Crippen LogP contribution is -2.52. The summed E-state index contributed by atoms with van der Waals surface area (Å²) in [6.07, 6.45) is 3.52. The smallest absolute Gasteiger partial charge is 0.261 e. The minimum absolute atomic E-state index is 0.185. The minimum Gasteiger partial charge on any atom is -0.389 e. The molecule has 1 saturated heterocycles. The van der Waals surface area contributed by atoms with Crippen molar-refractivity contribution in [3.63, 3.8) is 0 Å². The minimum atomic E-state index is -0.494. The van der Waals surface area contributed by atoms with E-state index in [-0.39, 0.29) is 28.7 Å². The van der Waals surface area contributed by atoms with Crippen LogP contribution in [-0.2, 0) is 4.74 Å². The molecule has 4 atom stereocenters. The average Bonchev–Trinajstić information content (AvgIpc) is 3.39. The highest BCUT2D eigenvalue weighted by molar-refractivity contribution is 6.25. The molecular formula is C31H41N3O4. The number of carbonyl (C=O) groups excluding carboxylic acids is 2. The third-order valence-electron chi connectivity index (χ3n) is 10.0. The van der Waals surface area contributed by atoms with E-state index in [9.17, 15) is 14.7 Å². The molecule has 7 heteroatoms. The maximum Gasteiger partial charge on any atom is 0.261 e. The van der Waals surface area contributed by atoms with E-state index < -0.39 is 6.10 Å². The van der Waals surface area contributed by atoms with Crippen molar-refractivity contribution in [1.82, 2.24) is 14.7 Å². The van der Waals surface area contributed by atoms with Crippen LogP contribution in [0.1, 0.15) is 60.7 Å². The van der Waals surface area contributed by atoms with E-state index in [2.05, 4.69) is 30.6 Å². The monoisotopic (exact) mass is 519 g/mol. The summed E-state index contributed by atoms with van der Waals surface area (Å²) in [4.78, 5) is 32.3. The first kappa shape index (κ1) is 25.9. The molecule has 2 heterocycles. The number of amides is 2. The molecule has 7 nitrogen and oxygen atoms in total. The zero-order chi connectivity index (χ0) is 26.7. The van der Waals surface area contributed by atoms with Crippen LogP contribution >= 0.6 is 0 Å². The van der Waals surface area contributed by atoms with Gasteiger partial charge in [-0.25, -0.2) is 0 Å². The van der Waals surface area contributed by atoms with Gasteiger partial charge in [-0.1, -0.05) is 45.0 Å². The number of hydrogen-bond acceptors (Lipinski definition) is 6. The summed E-state index contributed by atoms with van der Waals surface area (Å²) in [7, 11) is 0. The predicted molar refractivity (Wildman–Crippen MR) is 147 cm³/mol. The molecule has 4 aliphatic rings. The van der Waals surface area contributed by atoms with Crippen LogP contribution in [0.2, 0.25) is 0 Å². The molecule has 0 unspecified atom stereocenters. The SMILES string of the molecule is CC1(C)[C@H]2CC[C@](C)(C2)[C@H]1OC[C@@H](O)CN1CCN(CCN2C(=O)c3cccc4cccc(c34)C2=O)CC1. The van der Waals surface area contributed by atoms with Crippen molar-refractivity contribution in [2.45, 2.75) is 52.2 Å². The lowest BCUT2D eigenvalue weighted by molar-refractivity contribution is -0.114. The Hall–Kier alpha value is -2.32. The molecule has 6 rings (SSSR count). The second-order valence-electron chi connectivity index (χ2n) is 12.9. The molecular weight excluding hydrogens is 478 g/mol. The molecule has 2 aliphatic heterocycles. The zero-order valence-corrected chi connectivity index (χ0v) is 23.0. The summed E-state index contributed by atoms with van der Waals surface area (Å²) < 4.78 is 6.39. The van der Waals surface area contributed by atoms with Crippen molar-refractivity contribution in [2.75, 3.05) is 52.4 Å². The van der Waals surface area contributed by atoms with Crippen LogP contribution in [-0.4, -0.2) is 96.2 Å². The van der Waals surface area contributed by atoms with Crippen LogP contribution in [0.15, 0.2) is 36.4 Å². The molecule has 1 N–H and O–H groups in total. The number of piperazine rings is 1. The Morgan fingerprint density at radius 3 is 2.18 bits per heavy atom. The number of aliphatic hydroxyl groups is 1. The fourth-order valence-electron chi connectivity index (χ4n) is 7.95. The van der Waals surface area contributed by atoms with Gasteiger partial charge in [0, 0.05) is 62.3 Å². The number of imide groups is 1. The number of aliphatic hydroxyl groups excluding tert-OH is 1. The zero-order valence-electron chi connectivity index (χ0n) is 23.0. The largest absolute Gasteiger partial charge is 0.389 e. The van der Waals surface area contributed by atoms with Crippen LogP contribution in [0.3, 0.4) is 0 Å². The van der Waals surface area contributed by atoms with Gasteiger partial charge in [-0.05, 0) is 53.5 Å². The molecule has 2 aromatic carbocycles. The second-order valence-corrected chi connectivity index (χ2v) is 12.9. The Morgan fingerprint density at radius 1 is 0.947 bits per heavy atom. The van der Waals surface area contributed by atoms with Gasteiger partial charge in [0.15, 0.2) is 0 Å². The average molecular weight is 520 g/mol. The van der Waals surface area contributed by atoms with Gasteiger partial charge >= 0.3 is 0 Å². The van der Waals surface area contributed by atoms with Crippen molar-refractivity contribution in [1.29, 1.82) is 0 Å². The maximum absolute atomic E-state index is 13.2. The van der Waals surface area contributed by atoms with Gasteiger partial charge in [0.1, 0.15) is 0 Å². The first-order chi connectivity index (χ1) is 18.2. The number of ether oxygens (including phenoxy) is 1. The van der Waals surface area contributed by atoms with Gasteiger partial charge in [0.2, 0.25) is 0 Å². The molecule has 2 bridgehead atoms. The molecule has 2 amide bonds. The fourth-order valence-corrected chi connectivity index (χ4v) is 7.95. The summed E-state index contributed by atoms with van der Waals surface area (Å²) in [6, 6.07) is 11.3. The lowest BCUT2D eigenvalue weighted by Gasteiger charge is -2.43. The topological polar surface area (TPSA) is 73.3 Å². The number of hydrogen-bond donors (Lipinski definition) is 1. The molecule has 0 spiro atoms. The van der Waals surface area contributed by atoms with Crippen LogP contribution in [0.4, 0.5) is 0 Å². The van der Waals surface area contributed by atoms with E-state index in [1.165, 1.54) is 24.2 Å². The fraction of sp³-hybridized carbons (Fsp3) is 0.613. The Bertz CT molecular complexity index is 1180. The van der Waals surface area contributed by atoms with E-state index in [1.54, 1.807) is 0 Å². The van der Waals surface area contributed by atoms with Crippen molar-refractivity contribution in [3.05, 3.63) is 47.5 Å². The van der Waals surface area contributed by atoms with Gasteiger partial charge < -0.3 is 9.84 Å². The van der Waals surface area contributed by atoms with Gasteiger partial charge in [0.05, 0.1) is 18.8 Å². The number of nitrogens with zero attached hydrogens (tertiary/aromatic N) is 3. The van der Waals surface area contributed by atoms with E-state index in [0.29, 0.717) is 37.4 Å². The van der Waals surface area contributed by atoms with Crippen LogP contribution in [0.5, 0.6) is 0 Å². The van der Waals surface area contributed by atoms with Crippen molar-refractivity contribution < 1.29 is 19.4 Å². The van der Waals surface area contributed by atoms with Crippen LogP contribution < -0.4 is 0 Å². The third kappa shape index (κ3) is 4.37. The quantitative estimate of drug-likeness (QED) is 0.537. The van der Waals surface area contributed by atoms with Gasteiger partial charge in [-0.3, -0.25) is 24.3 Å². The third-order valence-corrected chi connectivity index (χ3v) is 10.0.